The van der Waals surface area contributed by atoms with Crippen molar-refractivity contribution in [3.05, 3.63) is 28.8 Å². The summed E-state index contributed by atoms with van der Waals surface area (Å²) >= 11 is 0. The molecule has 0 unspecified atom stereocenters. The van der Waals surface area contributed by atoms with Crippen molar-refractivity contribution in [3.63, 3.8) is 0 Å². The van der Waals surface area contributed by atoms with Crippen molar-refractivity contribution in [2.45, 2.75) is 13.3 Å². The van der Waals surface area contributed by atoms with Gasteiger partial charge in [0.15, 0.2) is 5.78 Å². The molecule has 1 aromatic rings. The number of halogens is 2. The number of carbonyl (C=O) groups excluding carboxylic acids is 1. The molecule has 2 N–H and O–H groups in total. The third-order valence-electron chi connectivity index (χ3n) is 1.92. The van der Waals surface area contributed by atoms with E-state index in [1.54, 1.807) is 6.07 Å². The zero-order valence-electron chi connectivity index (χ0n) is 7.92. The molecule has 1 aromatic carbocycles. The van der Waals surface area contributed by atoms with Gasteiger partial charge in [0.25, 0.3) is 6.43 Å². The van der Waals surface area contributed by atoms with Crippen LogP contribution in [0.4, 0.5) is 14.5 Å². The van der Waals surface area contributed by atoms with E-state index >= 15 is 0 Å². The van der Waals surface area contributed by atoms with Gasteiger partial charge in [0, 0.05) is 16.8 Å². The summed E-state index contributed by atoms with van der Waals surface area (Å²) in [5, 5.41) is 8.56. The molecule has 3 nitrogen and oxygen atoms in total. The zero-order chi connectivity index (χ0) is 11.6. The van der Waals surface area contributed by atoms with E-state index in [2.05, 4.69) is 0 Å². The molecule has 0 heterocycles. The summed E-state index contributed by atoms with van der Waals surface area (Å²) in [6.45, 7) is 1.16. The van der Waals surface area contributed by atoms with E-state index in [0.29, 0.717) is 0 Å². The Balaban J connectivity index is 3.51. The molecule has 0 amide bonds. The number of carbonyl (C=O) groups is 1. The fourth-order valence-corrected chi connectivity index (χ4v) is 1.33. The SMILES string of the molecule is CC(=O)c1c(N)cc(C#N)cc1C(F)F. The highest BCUT2D eigenvalue weighted by atomic mass is 19.3. The van der Waals surface area contributed by atoms with Gasteiger partial charge in [-0.2, -0.15) is 5.26 Å². The second-order valence-corrected chi connectivity index (χ2v) is 3.00. The largest absolute Gasteiger partial charge is 0.398 e. The number of nitrogen functional groups attached to an aromatic ring is 1. The lowest BCUT2D eigenvalue weighted by molar-refractivity contribution is 0.1000. The first-order valence-corrected chi connectivity index (χ1v) is 4.10. The van der Waals surface area contributed by atoms with Gasteiger partial charge in [0.05, 0.1) is 11.6 Å². The molecule has 0 aromatic heterocycles. The molecule has 0 saturated carbocycles. The van der Waals surface area contributed by atoms with E-state index in [9.17, 15) is 13.6 Å². The number of ketones is 1. The Morgan fingerprint density at radius 2 is 2.13 bits per heavy atom. The summed E-state index contributed by atoms with van der Waals surface area (Å²) in [7, 11) is 0. The summed E-state index contributed by atoms with van der Waals surface area (Å²) in [6.07, 6.45) is -2.82. The molecule has 15 heavy (non-hydrogen) atoms. The molecule has 0 fully saturated rings. The molecular weight excluding hydrogens is 202 g/mol. The number of hydrogen-bond donors (Lipinski definition) is 1. The zero-order valence-corrected chi connectivity index (χ0v) is 7.92. The van der Waals surface area contributed by atoms with Gasteiger partial charge < -0.3 is 5.73 Å². The molecular formula is C10H8F2N2O. The lowest BCUT2D eigenvalue weighted by atomic mass is 9.99. The predicted molar refractivity (Wildman–Crippen MR) is 50.5 cm³/mol. The van der Waals surface area contributed by atoms with Crippen molar-refractivity contribution in [1.29, 1.82) is 5.26 Å². The standard InChI is InChI=1S/C10H8F2N2O/c1-5(15)9-7(10(11)12)2-6(4-13)3-8(9)14/h2-3,10H,14H2,1H3. The molecule has 78 valence electrons. The van der Waals surface area contributed by atoms with E-state index in [-0.39, 0.29) is 16.8 Å². The maximum atomic E-state index is 12.6. The van der Waals surface area contributed by atoms with E-state index in [1.165, 1.54) is 6.07 Å². The van der Waals surface area contributed by atoms with Gasteiger partial charge in [-0.25, -0.2) is 8.78 Å². The third-order valence-corrected chi connectivity index (χ3v) is 1.92. The highest BCUT2D eigenvalue weighted by molar-refractivity contribution is 6.00. The van der Waals surface area contributed by atoms with Crippen LogP contribution < -0.4 is 5.73 Å². The van der Waals surface area contributed by atoms with Gasteiger partial charge in [0.1, 0.15) is 0 Å². The van der Waals surface area contributed by atoms with Crippen LogP contribution in [0.25, 0.3) is 0 Å². The number of nitrogens with two attached hydrogens (primary N) is 1. The summed E-state index contributed by atoms with van der Waals surface area (Å²) in [4.78, 5) is 11.1. The van der Waals surface area contributed by atoms with Crippen LogP contribution in [0.2, 0.25) is 0 Å². The van der Waals surface area contributed by atoms with Crippen LogP contribution in [-0.4, -0.2) is 5.78 Å². The fraction of sp³-hybridized carbons (Fsp3) is 0.200. The molecule has 0 aliphatic heterocycles. The minimum atomic E-state index is -2.82. The molecule has 0 atom stereocenters. The highest BCUT2D eigenvalue weighted by Crippen LogP contribution is 2.28. The molecule has 0 aliphatic rings. The van der Waals surface area contributed by atoms with Crippen molar-refractivity contribution in [2.75, 3.05) is 5.73 Å². The van der Waals surface area contributed by atoms with Crippen LogP contribution >= 0.6 is 0 Å². The van der Waals surface area contributed by atoms with Crippen LogP contribution in [0.5, 0.6) is 0 Å². The number of nitriles is 1. The Morgan fingerprint density at radius 1 is 1.53 bits per heavy atom. The molecule has 0 aliphatic carbocycles. The van der Waals surface area contributed by atoms with Crippen LogP contribution in [0.3, 0.4) is 0 Å². The number of Topliss-reactive ketones (excluding diaryl/α,β-unsaturated/α-hetero) is 1. The summed E-state index contributed by atoms with van der Waals surface area (Å²) in [5.41, 5.74) is 4.67. The monoisotopic (exact) mass is 210 g/mol. The van der Waals surface area contributed by atoms with Gasteiger partial charge in [-0.15, -0.1) is 0 Å². The number of anilines is 1. The van der Waals surface area contributed by atoms with Crippen LogP contribution in [0.15, 0.2) is 12.1 Å². The lowest BCUT2D eigenvalue weighted by Crippen LogP contribution is -2.06. The maximum absolute atomic E-state index is 12.6. The van der Waals surface area contributed by atoms with Gasteiger partial charge in [-0.3, -0.25) is 4.79 Å². The number of rotatable bonds is 2. The quantitative estimate of drug-likeness (QED) is 0.601. The second-order valence-electron chi connectivity index (χ2n) is 3.00. The summed E-state index contributed by atoms with van der Waals surface area (Å²) < 4.78 is 25.1. The number of hydrogen-bond acceptors (Lipinski definition) is 3. The molecule has 1 rings (SSSR count). The molecule has 0 spiro atoms. The Morgan fingerprint density at radius 3 is 2.53 bits per heavy atom. The molecule has 0 bridgehead atoms. The van der Waals surface area contributed by atoms with Crippen LogP contribution in [0, 0.1) is 11.3 Å². The topological polar surface area (TPSA) is 66.9 Å². The van der Waals surface area contributed by atoms with Gasteiger partial charge in [-0.05, 0) is 19.1 Å². The smallest absolute Gasteiger partial charge is 0.264 e. The highest BCUT2D eigenvalue weighted by Gasteiger charge is 2.19. The molecule has 5 heteroatoms. The summed E-state index contributed by atoms with van der Waals surface area (Å²) in [5.74, 6) is -0.535. The number of nitrogens with zero attached hydrogens (tertiary/aromatic N) is 1. The van der Waals surface area contributed by atoms with Gasteiger partial charge >= 0.3 is 0 Å². The normalized spacial score (nSPS) is 10.1. The van der Waals surface area contributed by atoms with Gasteiger partial charge in [0.2, 0.25) is 0 Å². The minimum Gasteiger partial charge on any atom is -0.398 e. The van der Waals surface area contributed by atoms with Crippen molar-refractivity contribution in [3.8, 4) is 6.07 Å². The minimum absolute atomic E-state index is 0.0211. The van der Waals surface area contributed by atoms with Gasteiger partial charge in [-0.1, -0.05) is 0 Å². The first-order chi connectivity index (χ1) is 6.97. The van der Waals surface area contributed by atoms with Crippen molar-refractivity contribution >= 4 is 11.5 Å². The van der Waals surface area contributed by atoms with Crippen LogP contribution in [0.1, 0.15) is 34.8 Å². The van der Waals surface area contributed by atoms with E-state index in [1.807, 2.05) is 0 Å². The molecule has 0 radical (unpaired) electrons. The fourth-order valence-electron chi connectivity index (χ4n) is 1.33. The Kier molecular flexibility index (Phi) is 3.00. The first kappa shape index (κ1) is 11.1. The average Bonchev–Trinajstić information content (AvgIpc) is 2.15. The summed E-state index contributed by atoms with van der Waals surface area (Å²) in [6, 6.07) is 3.90. The maximum Gasteiger partial charge on any atom is 0.264 e. The van der Waals surface area contributed by atoms with E-state index < -0.39 is 17.8 Å². The third kappa shape index (κ3) is 2.10. The molecule has 0 saturated heterocycles. The lowest BCUT2D eigenvalue weighted by Gasteiger charge is -2.09. The average molecular weight is 210 g/mol. The second kappa shape index (κ2) is 4.05. The Hall–Kier alpha value is -1.96. The van der Waals surface area contributed by atoms with E-state index in [4.69, 9.17) is 11.0 Å². The van der Waals surface area contributed by atoms with Crippen molar-refractivity contribution in [1.82, 2.24) is 0 Å². The Bertz CT molecular complexity index is 449. The number of benzene rings is 1. The van der Waals surface area contributed by atoms with Crippen molar-refractivity contribution in [2.24, 2.45) is 0 Å². The predicted octanol–water partition coefficient (Wildman–Crippen LogP) is 2.28. The van der Waals surface area contributed by atoms with E-state index in [0.717, 1.165) is 13.0 Å². The number of alkyl halides is 2. The van der Waals surface area contributed by atoms with Crippen molar-refractivity contribution < 1.29 is 13.6 Å². The Labute approximate surface area is 85.1 Å². The first-order valence-electron chi connectivity index (χ1n) is 4.10. The van der Waals surface area contributed by atoms with Crippen LogP contribution in [-0.2, 0) is 0 Å².